The summed E-state index contributed by atoms with van der Waals surface area (Å²) in [5, 5.41) is 9.40. The number of nitrogens with zero attached hydrogens (tertiary/aromatic N) is 4. The highest BCUT2D eigenvalue weighted by molar-refractivity contribution is 7.03. The predicted octanol–water partition coefficient (Wildman–Crippen LogP) is 0.265. The van der Waals surface area contributed by atoms with Crippen molar-refractivity contribution in [3.63, 3.8) is 0 Å². The Morgan fingerprint density at radius 3 is 2.88 bits per heavy atom. The minimum atomic E-state index is 0.846. The van der Waals surface area contributed by atoms with E-state index >= 15 is 0 Å². The molecule has 0 bridgehead atoms. The van der Waals surface area contributed by atoms with Gasteiger partial charge in [-0.05, 0) is 38.1 Å². The lowest BCUT2D eigenvalue weighted by molar-refractivity contribution is 0.152. The maximum Gasteiger partial charge on any atom is 0.0893 e. The molecular formula is C11H21N5S. The molecule has 2 rings (SSSR count). The number of hydrogen-bond donors (Lipinski definition) is 1. The van der Waals surface area contributed by atoms with Crippen molar-refractivity contribution < 1.29 is 0 Å². The van der Waals surface area contributed by atoms with Gasteiger partial charge in [0.1, 0.15) is 0 Å². The molecule has 1 aromatic heterocycles. The highest BCUT2D eigenvalue weighted by Gasteiger charge is 2.12. The van der Waals surface area contributed by atoms with Gasteiger partial charge < -0.3 is 15.1 Å². The molecule has 0 radical (unpaired) electrons. The fourth-order valence-electron chi connectivity index (χ4n) is 1.98. The van der Waals surface area contributed by atoms with Crippen molar-refractivity contribution >= 4 is 11.5 Å². The van der Waals surface area contributed by atoms with Crippen molar-refractivity contribution in [2.24, 2.45) is 0 Å². The highest BCUT2D eigenvalue weighted by Crippen LogP contribution is 2.00. The van der Waals surface area contributed by atoms with E-state index in [9.17, 15) is 0 Å². The van der Waals surface area contributed by atoms with E-state index in [0.29, 0.717) is 0 Å². The van der Waals surface area contributed by atoms with Gasteiger partial charge in [0.15, 0.2) is 0 Å². The third-order valence-electron chi connectivity index (χ3n) is 3.14. The maximum absolute atomic E-state index is 4.00. The van der Waals surface area contributed by atoms with Crippen molar-refractivity contribution in [1.29, 1.82) is 0 Å². The number of likely N-dealkylation sites (N-methyl/N-ethyl adjacent to an activating group) is 1. The van der Waals surface area contributed by atoms with Gasteiger partial charge in [-0.1, -0.05) is 4.49 Å². The lowest BCUT2D eigenvalue weighted by atomic mass is 10.3. The molecule has 96 valence electrons. The Morgan fingerprint density at radius 2 is 2.18 bits per heavy atom. The van der Waals surface area contributed by atoms with Gasteiger partial charge in [0.05, 0.1) is 5.69 Å². The minimum Gasteiger partial charge on any atom is -0.311 e. The van der Waals surface area contributed by atoms with Crippen LogP contribution < -0.4 is 5.32 Å². The van der Waals surface area contributed by atoms with E-state index < -0.39 is 0 Å². The molecule has 1 aliphatic rings. The zero-order valence-electron chi connectivity index (χ0n) is 10.4. The van der Waals surface area contributed by atoms with E-state index in [4.69, 9.17) is 0 Å². The molecule has 1 aromatic rings. The molecule has 1 fully saturated rings. The summed E-state index contributed by atoms with van der Waals surface area (Å²) in [6.07, 6.45) is 1.21. The summed E-state index contributed by atoms with van der Waals surface area (Å²) in [7, 11) is 2.20. The highest BCUT2D eigenvalue weighted by atomic mass is 32.1. The normalized spacial score (nSPS) is 18.6. The molecule has 1 aliphatic heterocycles. The maximum atomic E-state index is 4.00. The first kappa shape index (κ1) is 12.9. The second kappa shape index (κ2) is 7.00. The van der Waals surface area contributed by atoms with Gasteiger partial charge in [-0.2, -0.15) is 0 Å². The van der Waals surface area contributed by atoms with E-state index in [-0.39, 0.29) is 0 Å². The summed E-state index contributed by atoms with van der Waals surface area (Å²) in [4.78, 5) is 4.94. The van der Waals surface area contributed by atoms with Crippen molar-refractivity contribution in [1.82, 2.24) is 24.7 Å². The van der Waals surface area contributed by atoms with Crippen LogP contribution in [-0.2, 0) is 6.54 Å². The van der Waals surface area contributed by atoms with Crippen LogP contribution in [0.1, 0.15) is 12.1 Å². The van der Waals surface area contributed by atoms with Crippen molar-refractivity contribution in [2.45, 2.75) is 13.0 Å². The second-order valence-electron chi connectivity index (χ2n) is 4.57. The lowest BCUT2D eigenvalue weighted by Gasteiger charge is -2.32. The summed E-state index contributed by atoms with van der Waals surface area (Å²) in [6, 6.07) is 0. The SMILES string of the molecule is CN1CCN(CCCNCc2csnn2)CC1. The fraction of sp³-hybridized carbons (Fsp3) is 0.818. The molecule has 0 atom stereocenters. The molecule has 1 saturated heterocycles. The van der Waals surface area contributed by atoms with E-state index in [1.165, 1.54) is 50.7 Å². The molecule has 1 N–H and O–H groups in total. The lowest BCUT2D eigenvalue weighted by Crippen LogP contribution is -2.45. The number of hydrogen-bond acceptors (Lipinski definition) is 6. The third-order valence-corrected chi connectivity index (χ3v) is 3.69. The van der Waals surface area contributed by atoms with Crippen LogP contribution in [0.2, 0.25) is 0 Å². The van der Waals surface area contributed by atoms with E-state index in [1.807, 2.05) is 5.38 Å². The van der Waals surface area contributed by atoms with Crippen LogP contribution in [-0.4, -0.2) is 65.7 Å². The smallest absolute Gasteiger partial charge is 0.0893 e. The Labute approximate surface area is 107 Å². The largest absolute Gasteiger partial charge is 0.311 e. The average molecular weight is 255 g/mol. The molecule has 6 heteroatoms. The second-order valence-corrected chi connectivity index (χ2v) is 5.18. The Hall–Kier alpha value is -0.560. The summed E-state index contributed by atoms with van der Waals surface area (Å²) in [5.41, 5.74) is 1.05. The van der Waals surface area contributed by atoms with E-state index in [2.05, 4.69) is 31.8 Å². The predicted molar refractivity (Wildman–Crippen MR) is 70.2 cm³/mol. The first-order valence-electron chi connectivity index (χ1n) is 6.22. The van der Waals surface area contributed by atoms with Gasteiger partial charge in [0.2, 0.25) is 0 Å². The molecule has 2 heterocycles. The minimum absolute atomic E-state index is 0.846. The van der Waals surface area contributed by atoms with Gasteiger partial charge in [-0.3, -0.25) is 0 Å². The molecule has 0 amide bonds. The van der Waals surface area contributed by atoms with Crippen LogP contribution in [0.5, 0.6) is 0 Å². The van der Waals surface area contributed by atoms with Crippen molar-refractivity contribution in [3.8, 4) is 0 Å². The van der Waals surface area contributed by atoms with Crippen LogP contribution in [0.15, 0.2) is 5.38 Å². The van der Waals surface area contributed by atoms with E-state index in [1.54, 1.807) is 0 Å². The Morgan fingerprint density at radius 1 is 1.35 bits per heavy atom. The molecule has 5 nitrogen and oxygen atoms in total. The molecule has 0 spiro atoms. The molecule has 0 aliphatic carbocycles. The molecule has 0 unspecified atom stereocenters. The third kappa shape index (κ3) is 4.67. The molecule has 0 aromatic carbocycles. The summed E-state index contributed by atoms with van der Waals surface area (Å²) in [6.45, 7) is 7.95. The molecule has 0 saturated carbocycles. The van der Waals surface area contributed by atoms with Crippen LogP contribution in [0.4, 0.5) is 0 Å². The first-order chi connectivity index (χ1) is 8.34. The van der Waals surface area contributed by atoms with Crippen LogP contribution in [0.3, 0.4) is 0 Å². The Balaban J connectivity index is 1.49. The number of piperazine rings is 1. The number of rotatable bonds is 6. The summed E-state index contributed by atoms with van der Waals surface area (Å²) in [5.74, 6) is 0. The van der Waals surface area contributed by atoms with Crippen LogP contribution in [0.25, 0.3) is 0 Å². The fourth-order valence-corrected chi connectivity index (χ4v) is 2.43. The monoisotopic (exact) mass is 255 g/mol. The number of aromatic nitrogens is 2. The van der Waals surface area contributed by atoms with Crippen LogP contribution in [0, 0.1) is 0 Å². The molecular weight excluding hydrogens is 234 g/mol. The Kier molecular flexibility index (Phi) is 5.31. The Bertz CT molecular complexity index is 295. The van der Waals surface area contributed by atoms with Crippen molar-refractivity contribution in [3.05, 3.63) is 11.1 Å². The summed E-state index contributed by atoms with van der Waals surface area (Å²) >= 11 is 1.41. The zero-order chi connectivity index (χ0) is 11.9. The summed E-state index contributed by atoms with van der Waals surface area (Å²) < 4.78 is 3.84. The standard InChI is InChI=1S/C11H21N5S/c1-15-5-7-16(8-6-15)4-2-3-12-9-11-10-17-14-13-11/h10,12H,2-9H2,1H3. The zero-order valence-corrected chi connectivity index (χ0v) is 11.2. The number of nitrogens with one attached hydrogen (secondary N) is 1. The van der Waals surface area contributed by atoms with Gasteiger partial charge in [-0.15, -0.1) is 5.10 Å². The van der Waals surface area contributed by atoms with Gasteiger partial charge in [-0.25, -0.2) is 0 Å². The van der Waals surface area contributed by atoms with E-state index in [0.717, 1.165) is 18.8 Å². The average Bonchev–Trinajstić information content (AvgIpc) is 2.84. The topological polar surface area (TPSA) is 44.3 Å². The molecule has 17 heavy (non-hydrogen) atoms. The van der Waals surface area contributed by atoms with Crippen molar-refractivity contribution in [2.75, 3.05) is 46.3 Å². The van der Waals surface area contributed by atoms with Gasteiger partial charge in [0, 0.05) is 38.1 Å². The van der Waals surface area contributed by atoms with Gasteiger partial charge in [0.25, 0.3) is 0 Å². The van der Waals surface area contributed by atoms with Gasteiger partial charge >= 0.3 is 0 Å². The van der Waals surface area contributed by atoms with Crippen LogP contribution >= 0.6 is 11.5 Å². The first-order valence-corrected chi connectivity index (χ1v) is 7.06. The quantitative estimate of drug-likeness (QED) is 0.739.